The largest absolute Gasteiger partial charge is 0.305 e. The van der Waals surface area contributed by atoms with Crippen LogP contribution in [0.4, 0.5) is 5.82 Å². The Bertz CT molecular complexity index is 847. The number of benzene rings is 1. The van der Waals surface area contributed by atoms with Gasteiger partial charge in [-0.2, -0.15) is 5.10 Å². The SMILES string of the molecule is O=C(Nc1cc2n(n1)CCCC2)c1ccccc1-c1ccncc1. The molecule has 120 valence electrons. The number of aromatic nitrogens is 3. The highest BCUT2D eigenvalue weighted by molar-refractivity contribution is 6.08. The first kappa shape index (κ1) is 14.6. The number of hydrogen-bond acceptors (Lipinski definition) is 3. The van der Waals surface area contributed by atoms with Gasteiger partial charge in [-0.25, -0.2) is 0 Å². The number of hydrogen-bond donors (Lipinski definition) is 1. The van der Waals surface area contributed by atoms with Gasteiger partial charge in [0, 0.05) is 36.3 Å². The second kappa shape index (κ2) is 6.28. The first-order valence-corrected chi connectivity index (χ1v) is 8.19. The number of fused-ring (bicyclic) bond motifs is 1. The van der Waals surface area contributed by atoms with Gasteiger partial charge in [0.25, 0.3) is 5.91 Å². The van der Waals surface area contributed by atoms with E-state index in [0.29, 0.717) is 11.4 Å². The Morgan fingerprint density at radius 3 is 2.75 bits per heavy atom. The van der Waals surface area contributed by atoms with E-state index < -0.39 is 0 Å². The number of nitrogens with zero attached hydrogens (tertiary/aromatic N) is 3. The van der Waals surface area contributed by atoms with Crippen LogP contribution in [0.3, 0.4) is 0 Å². The molecule has 0 atom stereocenters. The van der Waals surface area contributed by atoms with Crippen molar-refractivity contribution in [1.29, 1.82) is 0 Å². The number of aryl methyl sites for hydroxylation is 2. The van der Waals surface area contributed by atoms with Crippen LogP contribution >= 0.6 is 0 Å². The maximum Gasteiger partial charge on any atom is 0.257 e. The summed E-state index contributed by atoms with van der Waals surface area (Å²) in [5.41, 5.74) is 3.69. The lowest BCUT2D eigenvalue weighted by Crippen LogP contribution is -2.14. The van der Waals surface area contributed by atoms with Crippen LogP contribution in [0.5, 0.6) is 0 Å². The van der Waals surface area contributed by atoms with Crippen LogP contribution in [0, 0.1) is 0 Å². The molecule has 3 aromatic rings. The molecule has 3 heterocycles. The van der Waals surface area contributed by atoms with E-state index in [1.807, 2.05) is 47.1 Å². The molecule has 0 bridgehead atoms. The fourth-order valence-corrected chi connectivity index (χ4v) is 3.13. The summed E-state index contributed by atoms with van der Waals surface area (Å²) in [5, 5.41) is 7.43. The van der Waals surface area contributed by atoms with Gasteiger partial charge in [0.2, 0.25) is 0 Å². The topological polar surface area (TPSA) is 59.8 Å². The molecule has 5 heteroatoms. The number of nitrogens with one attached hydrogen (secondary N) is 1. The van der Waals surface area contributed by atoms with Crippen LogP contribution in [0.25, 0.3) is 11.1 Å². The van der Waals surface area contributed by atoms with E-state index in [1.54, 1.807) is 12.4 Å². The Balaban J connectivity index is 1.62. The van der Waals surface area contributed by atoms with Gasteiger partial charge in [-0.15, -0.1) is 0 Å². The van der Waals surface area contributed by atoms with Crippen LogP contribution in [-0.4, -0.2) is 20.7 Å². The molecule has 1 aliphatic rings. The predicted molar refractivity (Wildman–Crippen MR) is 92.8 cm³/mol. The molecule has 0 unspecified atom stereocenters. The number of pyridine rings is 1. The van der Waals surface area contributed by atoms with Crippen LogP contribution in [0.1, 0.15) is 28.9 Å². The smallest absolute Gasteiger partial charge is 0.257 e. The molecule has 1 aromatic carbocycles. The Kier molecular flexibility index (Phi) is 3.83. The van der Waals surface area contributed by atoms with Gasteiger partial charge in [-0.3, -0.25) is 14.5 Å². The molecular formula is C19H18N4O. The summed E-state index contributed by atoms with van der Waals surface area (Å²) in [7, 11) is 0. The van der Waals surface area contributed by atoms with Gasteiger partial charge in [-0.05, 0) is 48.6 Å². The first-order valence-electron chi connectivity index (χ1n) is 8.19. The summed E-state index contributed by atoms with van der Waals surface area (Å²) in [4.78, 5) is 16.8. The van der Waals surface area contributed by atoms with E-state index >= 15 is 0 Å². The van der Waals surface area contributed by atoms with Crippen LogP contribution in [0.15, 0.2) is 54.9 Å². The average Bonchev–Trinajstić information content (AvgIpc) is 3.04. The fourth-order valence-electron chi connectivity index (χ4n) is 3.13. The minimum Gasteiger partial charge on any atom is -0.305 e. The van der Waals surface area contributed by atoms with E-state index in [2.05, 4.69) is 15.4 Å². The molecule has 0 aliphatic carbocycles. The standard InChI is InChI=1S/C19H18N4O/c24-19(21-18-13-15-5-3-4-12-23(15)22-18)17-7-2-1-6-16(17)14-8-10-20-11-9-14/h1-2,6-11,13H,3-5,12H2,(H,21,22,24). The van der Waals surface area contributed by atoms with E-state index in [1.165, 1.54) is 12.1 Å². The van der Waals surface area contributed by atoms with Crippen LogP contribution in [0.2, 0.25) is 0 Å². The van der Waals surface area contributed by atoms with E-state index in [9.17, 15) is 4.79 Å². The van der Waals surface area contributed by atoms with Crippen molar-refractivity contribution in [3.05, 3.63) is 66.1 Å². The summed E-state index contributed by atoms with van der Waals surface area (Å²) < 4.78 is 1.99. The summed E-state index contributed by atoms with van der Waals surface area (Å²) in [6, 6.07) is 13.4. The summed E-state index contributed by atoms with van der Waals surface area (Å²) in [6.07, 6.45) is 6.81. The minimum atomic E-state index is -0.141. The summed E-state index contributed by atoms with van der Waals surface area (Å²) in [5.74, 6) is 0.485. The molecule has 0 saturated heterocycles. The second-order valence-corrected chi connectivity index (χ2v) is 5.94. The highest BCUT2D eigenvalue weighted by Gasteiger charge is 2.16. The number of rotatable bonds is 3. The highest BCUT2D eigenvalue weighted by atomic mass is 16.1. The van der Waals surface area contributed by atoms with Crippen LogP contribution in [-0.2, 0) is 13.0 Å². The minimum absolute atomic E-state index is 0.141. The lowest BCUT2D eigenvalue weighted by atomic mass is 10.0. The summed E-state index contributed by atoms with van der Waals surface area (Å²) >= 11 is 0. The van der Waals surface area contributed by atoms with Crippen molar-refractivity contribution in [2.45, 2.75) is 25.8 Å². The molecule has 1 N–H and O–H groups in total. The zero-order valence-corrected chi connectivity index (χ0v) is 13.3. The third kappa shape index (κ3) is 2.80. The van der Waals surface area contributed by atoms with E-state index in [0.717, 1.165) is 30.5 Å². The number of carbonyl (C=O) groups excluding carboxylic acids is 1. The maximum atomic E-state index is 12.7. The molecule has 0 fully saturated rings. The second-order valence-electron chi connectivity index (χ2n) is 5.94. The van der Waals surface area contributed by atoms with Crippen molar-refractivity contribution < 1.29 is 4.79 Å². The van der Waals surface area contributed by atoms with Crippen molar-refractivity contribution in [2.24, 2.45) is 0 Å². The molecule has 2 aromatic heterocycles. The Labute approximate surface area is 140 Å². The van der Waals surface area contributed by atoms with Gasteiger partial charge in [0.05, 0.1) is 0 Å². The Morgan fingerprint density at radius 1 is 1.08 bits per heavy atom. The van der Waals surface area contributed by atoms with Crippen molar-refractivity contribution in [1.82, 2.24) is 14.8 Å². The third-order valence-corrected chi connectivity index (χ3v) is 4.32. The molecule has 1 aliphatic heterocycles. The molecule has 5 nitrogen and oxygen atoms in total. The summed E-state index contributed by atoms with van der Waals surface area (Å²) in [6.45, 7) is 0.929. The molecule has 4 rings (SSSR count). The lowest BCUT2D eigenvalue weighted by Gasteiger charge is -2.11. The van der Waals surface area contributed by atoms with Crippen molar-refractivity contribution >= 4 is 11.7 Å². The highest BCUT2D eigenvalue weighted by Crippen LogP contribution is 2.24. The molecule has 0 saturated carbocycles. The predicted octanol–water partition coefficient (Wildman–Crippen LogP) is 3.53. The van der Waals surface area contributed by atoms with Gasteiger partial charge in [0.15, 0.2) is 5.82 Å². The zero-order chi connectivity index (χ0) is 16.4. The van der Waals surface area contributed by atoms with Gasteiger partial charge >= 0.3 is 0 Å². The molecular weight excluding hydrogens is 300 g/mol. The number of amides is 1. The quantitative estimate of drug-likeness (QED) is 0.803. The van der Waals surface area contributed by atoms with Crippen molar-refractivity contribution in [2.75, 3.05) is 5.32 Å². The Morgan fingerprint density at radius 2 is 1.92 bits per heavy atom. The third-order valence-electron chi connectivity index (χ3n) is 4.32. The lowest BCUT2D eigenvalue weighted by molar-refractivity contribution is 0.102. The Hall–Kier alpha value is -2.95. The molecule has 24 heavy (non-hydrogen) atoms. The van der Waals surface area contributed by atoms with E-state index in [-0.39, 0.29) is 5.91 Å². The van der Waals surface area contributed by atoms with Crippen molar-refractivity contribution in [3.63, 3.8) is 0 Å². The number of anilines is 1. The van der Waals surface area contributed by atoms with Crippen LogP contribution < -0.4 is 5.32 Å². The fraction of sp³-hybridized carbons (Fsp3) is 0.211. The van der Waals surface area contributed by atoms with Gasteiger partial charge in [0.1, 0.15) is 0 Å². The average molecular weight is 318 g/mol. The van der Waals surface area contributed by atoms with Gasteiger partial charge in [-0.1, -0.05) is 18.2 Å². The van der Waals surface area contributed by atoms with Crippen molar-refractivity contribution in [3.8, 4) is 11.1 Å². The van der Waals surface area contributed by atoms with Gasteiger partial charge < -0.3 is 5.32 Å². The van der Waals surface area contributed by atoms with E-state index in [4.69, 9.17) is 0 Å². The molecule has 0 spiro atoms. The number of carbonyl (C=O) groups is 1. The first-order chi connectivity index (χ1) is 11.8. The zero-order valence-electron chi connectivity index (χ0n) is 13.3. The maximum absolute atomic E-state index is 12.7. The molecule has 1 amide bonds. The monoisotopic (exact) mass is 318 g/mol. The normalized spacial score (nSPS) is 13.3. The molecule has 0 radical (unpaired) electrons.